The second-order valence-electron chi connectivity index (χ2n) is 4.68. The van der Waals surface area contributed by atoms with Crippen LogP contribution < -0.4 is 5.32 Å². The Morgan fingerprint density at radius 3 is 2.28 bits per heavy atom. The summed E-state index contributed by atoms with van der Waals surface area (Å²) in [4.78, 5) is 22.7. The number of carbonyl (C=O) groups excluding carboxylic acids is 1. The summed E-state index contributed by atoms with van der Waals surface area (Å²) in [6, 6.07) is 0. The zero-order valence-corrected chi connectivity index (χ0v) is 9.86. The van der Waals surface area contributed by atoms with Crippen LogP contribution in [0.25, 0.3) is 0 Å². The van der Waals surface area contributed by atoms with Crippen molar-refractivity contribution in [2.24, 2.45) is 5.41 Å². The zero-order valence-electron chi connectivity index (χ0n) is 9.86. The van der Waals surface area contributed by atoms with Crippen LogP contribution in [-0.4, -0.2) is 41.2 Å². The maximum Gasteiger partial charge on any atom is 0.310 e. The van der Waals surface area contributed by atoms with E-state index in [0.717, 1.165) is 12.8 Å². The first-order valence-corrected chi connectivity index (χ1v) is 5.84. The Morgan fingerprint density at radius 2 is 1.83 bits per heavy atom. The molecule has 0 aromatic rings. The van der Waals surface area contributed by atoms with E-state index in [1.807, 2.05) is 0 Å². The lowest BCUT2D eigenvalue weighted by Crippen LogP contribution is -2.40. The van der Waals surface area contributed by atoms with Crippen molar-refractivity contribution >= 4 is 11.9 Å². The SMILES string of the molecule is O=C(CC1(C(=O)O)CCCC1)NCC(O)C(F)F. The first-order chi connectivity index (χ1) is 8.37. The summed E-state index contributed by atoms with van der Waals surface area (Å²) in [5.41, 5.74) is -1.07. The van der Waals surface area contributed by atoms with Gasteiger partial charge in [0.1, 0.15) is 6.10 Å². The van der Waals surface area contributed by atoms with Gasteiger partial charge in [0.05, 0.1) is 5.41 Å². The van der Waals surface area contributed by atoms with Crippen molar-refractivity contribution < 1.29 is 28.6 Å². The molecule has 5 nitrogen and oxygen atoms in total. The molecule has 1 aliphatic carbocycles. The lowest BCUT2D eigenvalue weighted by Gasteiger charge is -2.23. The molecule has 1 fully saturated rings. The highest BCUT2D eigenvalue weighted by Crippen LogP contribution is 2.41. The van der Waals surface area contributed by atoms with Gasteiger partial charge in [-0.05, 0) is 12.8 Å². The van der Waals surface area contributed by atoms with Crippen LogP contribution in [0.4, 0.5) is 8.78 Å². The third kappa shape index (κ3) is 3.63. The number of amides is 1. The van der Waals surface area contributed by atoms with E-state index in [4.69, 9.17) is 10.2 Å². The number of rotatable bonds is 6. The van der Waals surface area contributed by atoms with Crippen LogP contribution in [0.2, 0.25) is 0 Å². The van der Waals surface area contributed by atoms with Crippen LogP contribution >= 0.6 is 0 Å². The predicted octanol–water partition coefficient (Wildman–Crippen LogP) is 0.764. The molecule has 0 saturated heterocycles. The average molecular weight is 265 g/mol. The predicted molar refractivity (Wildman–Crippen MR) is 58.2 cm³/mol. The van der Waals surface area contributed by atoms with Gasteiger partial charge in [-0.1, -0.05) is 12.8 Å². The number of alkyl halides is 2. The normalized spacial score (nSPS) is 19.8. The van der Waals surface area contributed by atoms with Crippen molar-refractivity contribution in [1.29, 1.82) is 0 Å². The summed E-state index contributed by atoms with van der Waals surface area (Å²) >= 11 is 0. The number of halogens is 2. The molecular weight excluding hydrogens is 248 g/mol. The quantitative estimate of drug-likeness (QED) is 0.662. The van der Waals surface area contributed by atoms with Gasteiger partial charge in [-0.25, -0.2) is 8.78 Å². The summed E-state index contributed by atoms with van der Waals surface area (Å²) < 4.78 is 24.0. The number of aliphatic carboxylic acids is 1. The van der Waals surface area contributed by atoms with Crippen molar-refractivity contribution in [3.8, 4) is 0 Å². The third-order valence-corrected chi connectivity index (χ3v) is 3.31. The molecule has 1 amide bonds. The van der Waals surface area contributed by atoms with Gasteiger partial charge >= 0.3 is 5.97 Å². The number of carboxylic acid groups (broad SMARTS) is 1. The van der Waals surface area contributed by atoms with Crippen molar-refractivity contribution in [3.63, 3.8) is 0 Å². The van der Waals surface area contributed by atoms with Crippen molar-refractivity contribution in [3.05, 3.63) is 0 Å². The molecule has 1 atom stereocenters. The second-order valence-corrected chi connectivity index (χ2v) is 4.68. The summed E-state index contributed by atoms with van der Waals surface area (Å²) in [5, 5.41) is 20.1. The van der Waals surface area contributed by atoms with Gasteiger partial charge in [0.25, 0.3) is 6.43 Å². The first kappa shape index (κ1) is 14.8. The van der Waals surface area contributed by atoms with Gasteiger partial charge in [0.2, 0.25) is 5.91 Å². The third-order valence-electron chi connectivity index (χ3n) is 3.31. The molecule has 0 aromatic carbocycles. The molecule has 0 aromatic heterocycles. The van der Waals surface area contributed by atoms with E-state index in [0.29, 0.717) is 12.8 Å². The van der Waals surface area contributed by atoms with E-state index in [-0.39, 0.29) is 6.42 Å². The summed E-state index contributed by atoms with van der Waals surface area (Å²) in [6.07, 6.45) is -2.72. The minimum Gasteiger partial charge on any atom is -0.481 e. The summed E-state index contributed by atoms with van der Waals surface area (Å²) in [5.74, 6) is -1.64. The monoisotopic (exact) mass is 265 g/mol. The number of hydrogen-bond donors (Lipinski definition) is 3. The number of hydrogen-bond acceptors (Lipinski definition) is 3. The molecule has 0 aliphatic heterocycles. The van der Waals surface area contributed by atoms with Gasteiger partial charge in [-0.2, -0.15) is 0 Å². The highest BCUT2D eigenvalue weighted by Gasteiger charge is 2.42. The molecule has 0 heterocycles. The van der Waals surface area contributed by atoms with Gasteiger partial charge in [0.15, 0.2) is 0 Å². The molecule has 0 bridgehead atoms. The first-order valence-electron chi connectivity index (χ1n) is 5.84. The van der Waals surface area contributed by atoms with E-state index >= 15 is 0 Å². The molecular formula is C11H17F2NO4. The van der Waals surface area contributed by atoms with Crippen molar-refractivity contribution in [1.82, 2.24) is 5.32 Å². The highest BCUT2D eigenvalue weighted by atomic mass is 19.3. The Hall–Kier alpha value is -1.24. The molecule has 104 valence electrons. The van der Waals surface area contributed by atoms with Crippen LogP contribution in [-0.2, 0) is 9.59 Å². The highest BCUT2D eigenvalue weighted by molar-refractivity contribution is 5.85. The fourth-order valence-electron chi connectivity index (χ4n) is 2.20. The topological polar surface area (TPSA) is 86.6 Å². The lowest BCUT2D eigenvalue weighted by atomic mass is 9.82. The number of carbonyl (C=O) groups is 2. The second kappa shape index (κ2) is 6.08. The van der Waals surface area contributed by atoms with Crippen LogP contribution in [0, 0.1) is 5.41 Å². The van der Waals surface area contributed by atoms with E-state index in [1.165, 1.54) is 0 Å². The Labute approximate surface area is 103 Å². The standard InChI is InChI=1S/C11H17F2NO4/c12-9(13)7(15)6-14-8(16)5-11(10(17)18)3-1-2-4-11/h7,9,15H,1-6H2,(H,14,16)(H,17,18). The zero-order chi connectivity index (χ0) is 13.8. The van der Waals surface area contributed by atoms with E-state index in [9.17, 15) is 18.4 Å². The van der Waals surface area contributed by atoms with Crippen LogP contribution in [0.5, 0.6) is 0 Å². The Balaban J connectivity index is 2.46. The fraction of sp³-hybridized carbons (Fsp3) is 0.818. The van der Waals surface area contributed by atoms with Crippen molar-refractivity contribution in [2.75, 3.05) is 6.54 Å². The Bertz CT molecular complexity index is 316. The van der Waals surface area contributed by atoms with Crippen molar-refractivity contribution in [2.45, 2.75) is 44.6 Å². The number of aliphatic hydroxyl groups is 1. The van der Waals surface area contributed by atoms with Gasteiger partial charge in [-0.3, -0.25) is 9.59 Å². The molecule has 1 unspecified atom stereocenters. The smallest absolute Gasteiger partial charge is 0.310 e. The summed E-state index contributed by atoms with van der Waals surface area (Å²) in [7, 11) is 0. The molecule has 1 saturated carbocycles. The molecule has 1 rings (SSSR count). The molecule has 7 heteroatoms. The van der Waals surface area contributed by atoms with Gasteiger partial charge < -0.3 is 15.5 Å². The average Bonchev–Trinajstić information content (AvgIpc) is 2.75. The number of nitrogens with one attached hydrogen (secondary N) is 1. The fourth-order valence-corrected chi connectivity index (χ4v) is 2.20. The Morgan fingerprint density at radius 1 is 1.28 bits per heavy atom. The van der Waals surface area contributed by atoms with E-state index in [2.05, 4.69) is 5.32 Å². The molecule has 3 N–H and O–H groups in total. The Kier molecular flexibility index (Phi) is 5.01. The molecule has 18 heavy (non-hydrogen) atoms. The maximum atomic E-state index is 12.0. The molecule has 0 radical (unpaired) electrons. The minimum atomic E-state index is -2.93. The molecule has 1 aliphatic rings. The lowest BCUT2D eigenvalue weighted by molar-refractivity contribution is -0.151. The van der Waals surface area contributed by atoms with Gasteiger partial charge in [0, 0.05) is 13.0 Å². The minimum absolute atomic E-state index is 0.224. The molecule has 0 spiro atoms. The van der Waals surface area contributed by atoms with Crippen LogP contribution in [0.15, 0.2) is 0 Å². The number of carboxylic acids is 1. The van der Waals surface area contributed by atoms with E-state index < -0.39 is 36.4 Å². The van der Waals surface area contributed by atoms with Gasteiger partial charge in [-0.15, -0.1) is 0 Å². The van der Waals surface area contributed by atoms with Crippen LogP contribution in [0.3, 0.4) is 0 Å². The van der Waals surface area contributed by atoms with E-state index in [1.54, 1.807) is 0 Å². The number of aliphatic hydroxyl groups excluding tert-OH is 1. The largest absolute Gasteiger partial charge is 0.481 e. The summed E-state index contributed by atoms with van der Waals surface area (Å²) in [6.45, 7) is -0.563. The maximum absolute atomic E-state index is 12.0. The van der Waals surface area contributed by atoms with Crippen LogP contribution in [0.1, 0.15) is 32.1 Å².